The van der Waals surface area contributed by atoms with Crippen molar-refractivity contribution in [1.29, 1.82) is 0 Å². The summed E-state index contributed by atoms with van der Waals surface area (Å²) in [6.45, 7) is 3.08. The average Bonchev–Trinajstić information content (AvgIpc) is 2.52. The molecule has 10 nitrogen and oxygen atoms in total. The second-order valence-corrected chi connectivity index (χ2v) is 4.67. The van der Waals surface area contributed by atoms with Crippen LogP contribution >= 0.6 is 0 Å². The molecule has 3 atom stereocenters. The second-order valence-electron chi connectivity index (χ2n) is 4.67. The van der Waals surface area contributed by atoms with Gasteiger partial charge in [0.05, 0.1) is 26.5 Å². The van der Waals surface area contributed by atoms with Gasteiger partial charge in [-0.25, -0.2) is 14.6 Å². The van der Waals surface area contributed by atoms with Crippen molar-refractivity contribution in [3.05, 3.63) is 0 Å². The van der Waals surface area contributed by atoms with Crippen molar-refractivity contribution in [3.8, 4) is 0 Å². The molecule has 0 saturated heterocycles. The molecule has 2 amide bonds. The molecule has 0 spiro atoms. The van der Waals surface area contributed by atoms with Crippen LogP contribution in [-0.2, 0) is 28.6 Å². The van der Waals surface area contributed by atoms with Gasteiger partial charge in [0.1, 0.15) is 11.8 Å². The normalized spacial score (nSPS) is 23.6. The molecule has 1 heterocycles. The quantitative estimate of drug-likeness (QED) is 0.530. The van der Waals surface area contributed by atoms with Crippen molar-refractivity contribution in [2.24, 2.45) is 22.7 Å². The summed E-state index contributed by atoms with van der Waals surface area (Å²) in [5.41, 5.74) is 5.30. The molecule has 23 heavy (non-hydrogen) atoms. The van der Waals surface area contributed by atoms with E-state index in [9.17, 15) is 19.2 Å². The minimum absolute atomic E-state index is 0.0684. The lowest BCUT2D eigenvalue weighted by molar-refractivity contribution is -0.165. The highest BCUT2D eigenvalue weighted by atomic mass is 16.5. The van der Waals surface area contributed by atoms with E-state index in [4.69, 9.17) is 10.5 Å². The molecule has 2 N–H and O–H groups in total. The summed E-state index contributed by atoms with van der Waals surface area (Å²) in [6.07, 6.45) is 0. The molecule has 1 aliphatic heterocycles. The first-order valence-electron chi connectivity index (χ1n) is 6.76. The third kappa shape index (κ3) is 3.58. The van der Waals surface area contributed by atoms with Crippen LogP contribution in [0.5, 0.6) is 0 Å². The van der Waals surface area contributed by atoms with Crippen molar-refractivity contribution in [3.63, 3.8) is 0 Å². The fourth-order valence-electron chi connectivity index (χ4n) is 2.39. The van der Waals surface area contributed by atoms with Crippen LogP contribution in [0.15, 0.2) is 5.10 Å². The Morgan fingerprint density at radius 2 is 1.70 bits per heavy atom. The van der Waals surface area contributed by atoms with Gasteiger partial charge in [-0.3, -0.25) is 9.59 Å². The van der Waals surface area contributed by atoms with Crippen LogP contribution in [0, 0.1) is 11.8 Å². The number of urea groups is 1. The molecule has 0 saturated carbocycles. The van der Waals surface area contributed by atoms with Gasteiger partial charge in [0.2, 0.25) is 0 Å². The Hall–Kier alpha value is -2.65. The number of hydrogen-bond donors (Lipinski definition) is 1. The van der Waals surface area contributed by atoms with Gasteiger partial charge in [-0.15, -0.1) is 0 Å². The van der Waals surface area contributed by atoms with Crippen molar-refractivity contribution in [2.45, 2.75) is 19.9 Å². The number of primary amides is 1. The maximum Gasteiger partial charge on any atom is 0.336 e. The van der Waals surface area contributed by atoms with E-state index in [1.165, 1.54) is 6.92 Å². The van der Waals surface area contributed by atoms with Crippen LogP contribution < -0.4 is 5.73 Å². The molecule has 0 bridgehead atoms. The van der Waals surface area contributed by atoms with Gasteiger partial charge >= 0.3 is 23.9 Å². The summed E-state index contributed by atoms with van der Waals surface area (Å²) >= 11 is 0. The summed E-state index contributed by atoms with van der Waals surface area (Å²) in [7, 11) is 2.16. The summed E-state index contributed by atoms with van der Waals surface area (Å²) in [4.78, 5) is 47.9. The number of hydrazone groups is 1. The molecule has 0 aromatic rings. The van der Waals surface area contributed by atoms with Crippen LogP contribution in [0.4, 0.5) is 4.79 Å². The van der Waals surface area contributed by atoms with E-state index in [0.717, 1.165) is 14.2 Å². The number of ether oxygens (including phenoxy) is 3. The van der Waals surface area contributed by atoms with Crippen LogP contribution in [0.3, 0.4) is 0 Å². The van der Waals surface area contributed by atoms with E-state index >= 15 is 0 Å². The zero-order valence-electron chi connectivity index (χ0n) is 13.3. The number of methoxy groups -OCH3 is 2. The number of amides is 2. The van der Waals surface area contributed by atoms with Gasteiger partial charge in [-0.05, 0) is 13.8 Å². The van der Waals surface area contributed by atoms with Gasteiger partial charge in [0, 0.05) is 0 Å². The third-order valence-electron chi connectivity index (χ3n) is 3.36. The number of hydrogen-bond acceptors (Lipinski definition) is 8. The minimum atomic E-state index is -1.52. The van der Waals surface area contributed by atoms with E-state index in [2.05, 4.69) is 14.6 Å². The maximum absolute atomic E-state index is 12.2. The van der Waals surface area contributed by atoms with Crippen molar-refractivity contribution in [1.82, 2.24) is 5.01 Å². The summed E-state index contributed by atoms with van der Waals surface area (Å²) in [5, 5.41) is 4.46. The first-order valence-corrected chi connectivity index (χ1v) is 6.76. The molecule has 0 fully saturated rings. The number of nitrogens with zero attached hydrogens (tertiary/aromatic N) is 2. The topological polar surface area (TPSA) is 138 Å². The van der Waals surface area contributed by atoms with E-state index < -0.39 is 41.8 Å². The first kappa shape index (κ1) is 18.4. The Kier molecular flexibility index (Phi) is 6.05. The van der Waals surface area contributed by atoms with Crippen LogP contribution in [0.2, 0.25) is 0 Å². The SMILES string of the molecule is CCOC(=O)[C@H]1C(C)=NN(C(N)=O)[C@@H](C(=O)OC)[C@@H]1C(=O)OC. The molecule has 0 unspecified atom stereocenters. The molecular weight excluding hydrogens is 310 g/mol. The Morgan fingerprint density at radius 3 is 2.13 bits per heavy atom. The Balaban J connectivity index is 3.47. The molecule has 0 radical (unpaired) electrons. The van der Waals surface area contributed by atoms with Gasteiger partial charge in [-0.1, -0.05) is 0 Å². The van der Waals surface area contributed by atoms with E-state index in [-0.39, 0.29) is 12.3 Å². The second kappa shape index (κ2) is 7.56. The summed E-state index contributed by atoms with van der Waals surface area (Å²) in [5.74, 6) is -5.18. The average molecular weight is 329 g/mol. The smallest absolute Gasteiger partial charge is 0.336 e. The molecule has 1 rings (SSSR count). The summed E-state index contributed by atoms with van der Waals surface area (Å²) < 4.78 is 14.2. The highest BCUT2D eigenvalue weighted by Crippen LogP contribution is 2.30. The predicted octanol–water partition coefficient (Wildman–Crippen LogP) is -0.733. The zero-order valence-corrected chi connectivity index (χ0v) is 13.3. The largest absolute Gasteiger partial charge is 0.469 e. The summed E-state index contributed by atoms with van der Waals surface area (Å²) in [6, 6.07) is -2.60. The fourth-order valence-corrected chi connectivity index (χ4v) is 2.39. The van der Waals surface area contributed by atoms with E-state index in [1.54, 1.807) is 6.92 Å². The van der Waals surface area contributed by atoms with Crippen molar-refractivity contribution < 1.29 is 33.4 Å². The number of nitrogens with two attached hydrogens (primary N) is 1. The Labute approximate surface area is 132 Å². The zero-order chi connectivity index (χ0) is 17.7. The Bertz CT molecular complexity index is 546. The number of carbonyl (C=O) groups excluding carboxylic acids is 4. The van der Waals surface area contributed by atoms with E-state index in [1.807, 2.05) is 0 Å². The number of rotatable bonds is 4. The predicted molar refractivity (Wildman–Crippen MR) is 76.0 cm³/mol. The van der Waals surface area contributed by atoms with Crippen LogP contribution in [-0.4, -0.2) is 61.5 Å². The van der Waals surface area contributed by atoms with Crippen molar-refractivity contribution >= 4 is 29.7 Å². The third-order valence-corrected chi connectivity index (χ3v) is 3.36. The van der Waals surface area contributed by atoms with Gasteiger partial charge in [0.15, 0.2) is 6.04 Å². The monoisotopic (exact) mass is 329 g/mol. The van der Waals surface area contributed by atoms with Gasteiger partial charge in [-0.2, -0.15) is 5.10 Å². The van der Waals surface area contributed by atoms with Gasteiger partial charge < -0.3 is 19.9 Å². The molecule has 1 aliphatic rings. The standard InChI is InChI=1S/C13H19N3O7/c1-5-23-11(18)7-6(2)15-16(13(14)20)9(12(19)22-4)8(7)10(17)21-3/h7-9H,5H2,1-4H3,(H2,14,20)/t7-,8+,9+/m0/s1. The van der Waals surface area contributed by atoms with Crippen LogP contribution in [0.25, 0.3) is 0 Å². The highest BCUT2D eigenvalue weighted by molar-refractivity contribution is 6.07. The lowest BCUT2D eigenvalue weighted by Gasteiger charge is -2.37. The molecule has 128 valence electrons. The first-order chi connectivity index (χ1) is 10.8. The minimum Gasteiger partial charge on any atom is -0.469 e. The maximum atomic E-state index is 12.2. The van der Waals surface area contributed by atoms with E-state index in [0.29, 0.717) is 5.01 Å². The molecular formula is C13H19N3O7. The number of carbonyl (C=O) groups is 4. The van der Waals surface area contributed by atoms with Crippen LogP contribution in [0.1, 0.15) is 13.8 Å². The fraction of sp³-hybridized carbons (Fsp3) is 0.615. The Morgan fingerprint density at radius 1 is 1.13 bits per heavy atom. The number of esters is 3. The lowest BCUT2D eigenvalue weighted by Crippen LogP contribution is -2.59. The van der Waals surface area contributed by atoms with Gasteiger partial charge in [0.25, 0.3) is 0 Å². The molecule has 0 aromatic heterocycles. The molecule has 0 aromatic carbocycles. The van der Waals surface area contributed by atoms with Crippen molar-refractivity contribution in [2.75, 3.05) is 20.8 Å². The highest BCUT2D eigenvalue weighted by Gasteiger charge is 2.53. The molecule has 10 heteroatoms. The molecule has 0 aliphatic carbocycles. The lowest BCUT2D eigenvalue weighted by atomic mass is 9.81.